The van der Waals surface area contributed by atoms with Crippen molar-refractivity contribution in [2.24, 2.45) is 0 Å². The maximum Gasteiger partial charge on any atom is 0.343 e. The molecule has 1 heterocycles. The molecular weight excluding hydrogens is 440 g/mol. The number of esters is 2. The van der Waals surface area contributed by atoms with Crippen LogP contribution in [0.1, 0.15) is 129 Å². The molecule has 0 saturated heterocycles. The second-order valence-corrected chi connectivity index (χ2v) is 9.99. The van der Waals surface area contributed by atoms with Crippen LogP contribution in [-0.4, -0.2) is 29.3 Å². The van der Waals surface area contributed by atoms with Crippen molar-refractivity contribution in [3.63, 3.8) is 0 Å². The Bertz CT molecular complexity index is 733. The number of hydrogen-bond donors (Lipinski definition) is 1. The molecule has 1 N–H and O–H groups in total. The number of aliphatic hydroxyl groups excluding tert-OH is 1. The predicted octanol–water partition coefficient (Wildman–Crippen LogP) is 7.63. The van der Waals surface area contributed by atoms with E-state index in [1.807, 2.05) is 6.08 Å². The number of rotatable bonds is 18. The Hall–Kier alpha value is -1.88. The van der Waals surface area contributed by atoms with Crippen molar-refractivity contribution >= 4 is 11.9 Å². The molecule has 2 aliphatic rings. The van der Waals surface area contributed by atoms with Crippen LogP contribution >= 0.6 is 0 Å². The first-order valence-electron chi connectivity index (χ1n) is 14.3. The van der Waals surface area contributed by atoms with Crippen LogP contribution in [0.5, 0.6) is 0 Å². The maximum atomic E-state index is 12.4. The zero-order valence-electron chi connectivity index (χ0n) is 22.2. The van der Waals surface area contributed by atoms with Crippen molar-refractivity contribution in [2.75, 3.05) is 0 Å². The summed E-state index contributed by atoms with van der Waals surface area (Å²) in [6.45, 7) is 4.32. The van der Waals surface area contributed by atoms with Gasteiger partial charge in [-0.25, -0.2) is 4.79 Å². The van der Waals surface area contributed by atoms with Gasteiger partial charge in [-0.3, -0.25) is 4.79 Å². The van der Waals surface area contributed by atoms with Crippen LogP contribution < -0.4 is 0 Å². The van der Waals surface area contributed by atoms with E-state index >= 15 is 0 Å². The number of hydrogen-bond acceptors (Lipinski definition) is 5. The van der Waals surface area contributed by atoms with Gasteiger partial charge in [0.15, 0.2) is 6.10 Å². The van der Waals surface area contributed by atoms with E-state index < -0.39 is 18.2 Å². The number of aliphatic hydroxyl groups is 1. The van der Waals surface area contributed by atoms with E-state index in [1.54, 1.807) is 0 Å². The summed E-state index contributed by atoms with van der Waals surface area (Å²) in [4.78, 5) is 24.8. The fourth-order valence-electron chi connectivity index (χ4n) is 4.77. The summed E-state index contributed by atoms with van der Waals surface area (Å²) in [6.07, 6.45) is 23.6. The fourth-order valence-corrected chi connectivity index (χ4v) is 4.77. The number of unbranched alkanes of at least 4 members (excludes halogenated alkanes) is 12. The van der Waals surface area contributed by atoms with Crippen LogP contribution in [0.3, 0.4) is 0 Å². The van der Waals surface area contributed by atoms with Gasteiger partial charge in [0, 0.05) is 12.0 Å². The molecule has 5 heteroatoms. The number of carbonyl (C=O) groups is 2. The molecule has 0 radical (unpaired) electrons. The van der Waals surface area contributed by atoms with Crippen molar-refractivity contribution in [3.05, 3.63) is 35.1 Å². The van der Waals surface area contributed by atoms with Crippen molar-refractivity contribution in [1.82, 2.24) is 0 Å². The molecule has 5 nitrogen and oxygen atoms in total. The zero-order valence-corrected chi connectivity index (χ0v) is 22.2. The van der Waals surface area contributed by atoms with Crippen LogP contribution in [-0.2, 0) is 19.1 Å². The molecule has 0 unspecified atom stereocenters. The lowest BCUT2D eigenvalue weighted by atomic mass is 9.87. The fraction of sp³-hybridized carbons (Fsp3) is 0.733. The number of ether oxygens (including phenoxy) is 2. The lowest BCUT2D eigenvalue weighted by Gasteiger charge is -2.27. The van der Waals surface area contributed by atoms with Crippen molar-refractivity contribution in [2.45, 2.75) is 142 Å². The van der Waals surface area contributed by atoms with Crippen molar-refractivity contribution < 1.29 is 24.2 Å². The zero-order chi connectivity index (χ0) is 25.3. The average molecular weight is 489 g/mol. The molecule has 1 aliphatic heterocycles. The van der Waals surface area contributed by atoms with Gasteiger partial charge in [-0.2, -0.15) is 0 Å². The smallest absolute Gasteiger partial charge is 0.343 e. The molecule has 0 aromatic carbocycles. The van der Waals surface area contributed by atoms with Gasteiger partial charge >= 0.3 is 11.9 Å². The molecule has 0 aromatic rings. The molecule has 0 saturated carbocycles. The Morgan fingerprint density at radius 1 is 0.914 bits per heavy atom. The Kier molecular flexibility index (Phi) is 14.7. The van der Waals surface area contributed by atoms with E-state index in [2.05, 4.69) is 26.0 Å². The standard InChI is InChI=1S/C30H48O5/c1-3-5-7-8-9-10-11-12-13-14-15-16-17-18-19-21-27(32)35-29-25(31)23-22-24-26(20-6-4-2)34-30(33)28(24)29/h12-13,20,25,29,31H,3-11,14-19,21-23H2,1-2H3/b13-12-,26-20-/t25-,29-/m0/s1. The molecule has 0 aromatic heterocycles. The number of carbonyl (C=O) groups excluding carboxylic acids is 2. The van der Waals surface area contributed by atoms with Gasteiger partial charge in [0.25, 0.3) is 0 Å². The van der Waals surface area contributed by atoms with Crippen molar-refractivity contribution in [1.29, 1.82) is 0 Å². The van der Waals surface area contributed by atoms with Crippen LogP contribution in [0.25, 0.3) is 0 Å². The number of cyclic esters (lactones) is 1. The van der Waals surface area contributed by atoms with Gasteiger partial charge in [-0.15, -0.1) is 0 Å². The first-order valence-corrected chi connectivity index (χ1v) is 14.3. The summed E-state index contributed by atoms with van der Waals surface area (Å²) in [5.41, 5.74) is 1.14. The normalized spacial score (nSPS) is 21.1. The molecule has 0 amide bonds. The minimum absolute atomic E-state index is 0.317. The van der Waals surface area contributed by atoms with Gasteiger partial charge in [0.2, 0.25) is 0 Å². The van der Waals surface area contributed by atoms with Gasteiger partial charge in [-0.1, -0.05) is 83.8 Å². The second-order valence-electron chi connectivity index (χ2n) is 9.99. The highest BCUT2D eigenvalue weighted by Crippen LogP contribution is 2.39. The van der Waals surface area contributed by atoms with E-state index in [9.17, 15) is 14.7 Å². The molecule has 35 heavy (non-hydrogen) atoms. The SMILES string of the molecule is CCC/C=C1\OC(=O)C2=C1CC[C@H](O)[C@@H]2OC(=O)CCCCCCC/C=C\CCCCCCCC. The third kappa shape index (κ3) is 10.7. The monoisotopic (exact) mass is 488 g/mol. The average Bonchev–Trinajstić information content (AvgIpc) is 3.17. The highest BCUT2D eigenvalue weighted by molar-refractivity contribution is 5.96. The molecule has 0 fully saturated rings. The Morgan fingerprint density at radius 2 is 1.54 bits per heavy atom. The molecule has 2 atom stereocenters. The highest BCUT2D eigenvalue weighted by atomic mass is 16.6. The van der Waals surface area contributed by atoms with E-state index in [1.165, 1.54) is 57.8 Å². The summed E-state index contributed by atoms with van der Waals surface area (Å²) in [7, 11) is 0. The van der Waals surface area contributed by atoms with Gasteiger partial charge in [0.1, 0.15) is 5.76 Å². The molecule has 1 aliphatic carbocycles. The van der Waals surface area contributed by atoms with E-state index in [4.69, 9.17) is 9.47 Å². The van der Waals surface area contributed by atoms with Gasteiger partial charge in [-0.05, 0) is 57.4 Å². The van der Waals surface area contributed by atoms with E-state index in [-0.39, 0.29) is 5.97 Å². The van der Waals surface area contributed by atoms with Crippen LogP contribution in [0, 0.1) is 0 Å². The maximum absolute atomic E-state index is 12.4. The summed E-state index contributed by atoms with van der Waals surface area (Å²) >= 11 is 0. The molecule has 198 valence electrons. The summed E-state index contributed by atoms with van der Waals surface area (Å²) in [5, 5.41) is 10.4. The van der Waals surface area contributed by atoms with Crippen LogP contribution in [0.15, 0.2) is 35.1 Å². The third-order valence-electron chi connectivity index (χ3n) is 6.89. The van der Waals surface area contributed by atoms with Gasteiger partial charge < -0.3 is 14.6 Å². The highest BCUT2D eigenvalue weighted by Gasteiger charge is 2.43. The molecule has 2 rings (SSSR count). The third-order valence-corrected chi connectivity index (χ3v) is 6.89. The minimum Gasteiger partial charge on any atom is -0.454 e. The minimum atomic E-state index is -0.908. The summed E-state index contributed by atoms with van der Waals surface area (Å²) < 4.78 is 11.0. The molecule has 0 bridgehead atoms. The lowest BCUT2D eigenvalue weighted by molar-refractivity contribution is -0.154. The molecular formula is C30H48O5. The lowest BCUT2D eigenvalue weighted by Crippen LogP contribution is -2.37. The Morgan fingerprint density at radius 3 is 2.20 bits per heavy atom. The Labute approximate surface area is 213 Å². The topological polar surface area (TPSA) is 72.8 Å². The quantitative estimate of drug-likeness (QED) is 0.122. The molecule has 0 spiro atoms. The number of allylic oxidation sites excluding steroid dienone is 4. The van der Waals surface area contributed by atoms with Crippen molar-refractivity contribution in [3.8, 4) is 0 Å². The predicted molar refractivity (Wildman–Crippen MR) is 141 cm³/mol. The summed E-state index contributed by atoms with van der Waals surface area (Å²) in [6, 6.07) is 0. The van der Waals surface area contributed by atoms with E-state index in [0.29, 0.717) is 30.6 Å². The van der Waals surface area contributed by atoms with E-state index in [0.717, 1.165) is 44.1 Å². The van der Waals surface area contributed by atoms with Gasteiger partial charge in [0.05, 0.1) is 11.7 Å². The second kappa shape index (κ2) is 17.5. The first-order chi connectivity index (χ1) is 17.1. The largest absolute Gasteiger partial charge is 0.454 e. The van der Waals surface area contributed by atoms with Crippen LogP contribution in [0.2, 0.25) is 0 Å². The Balaban J connectivity index is 1.57. The van der Waals surface area contributed by atoms with Crippen LogP contribution in [0.4, 0.5) is 0 Å². The summed E-state index contributed by atoms with van der Waals surface area (Å²) in [5.74, 6) is -0.254. The first kappa shape index (κ1) is 29.4.